The summed E-state index contributed by atoms with van der Waals surface area (Å²) in [6.45, 7) is 6.39. The Labute approximate surface area is 166 Å². The molecule has 2 aliphatic rings. The monoisotopic (exact) mass is 383 g/mol. The number of fused-ring (bicyclic) bond motifs is 1. The Morgan fingerprint density at radius 2 is 1.86 bits per heavy atom. The molecule has 28 heavy (non-hydrogen) atoms. The molecule has 5 nitrogen and oxygen atoms in total. The maximum atomic E-state index is 10.7. The zero-order chi connectivity index (χ0) is 19.9. The van der Waals surface area contributed by atoms with Crippen molar-refractivity contribution in [1.82, 2.24) is 4.90 Å². The van der Waals surface area contributed by atoms with Crippen LogP contribution < -0.4 is 4.74 Å². The number of rotatable bonds is 3. The fourth-order valence-corrected chi connectivity index (χ4v) is 4.40. The van der Waals surface area contributed by atoms with Gasteiger partial charge in [0, 0.05) is 31.6 Å². The second kappa shape index (κ2) is 7.39. The summed E-state index contributed by atoms with van der Waals surface area (Å²) in [5.74, 6) is 0.813. The molecule has 0 unspecified atom stereocenters. The van der Waals surface area contributed by atoms with E-state index in [9.17, 15) is 15.3 Å². The van der Waals surface area contributed by atoms with Crippen molar-refractivity contribution in [3.8, 4) is 11.5 Å². The Morgan fingerprint density at radius 3 is 2.57 bits per heavy atom. The number of aliphatic hydroxyl groups is 2. The standard InChI is InChI=1S/C23H29NO4/c1-15-3-4-17(11-16(15)2)21(27)14-24-9-7-23(8-10-24)13-20(26)19-12-18(25)5-6-22(19)28-23/h3-6,11-12,20-21,25-27H,7-10,13-14H2,1-2H3/t20-,21+/m0/s1. The van der Waals surface area contributed by atoms with Gasteiger partial charge in [0.1, 0.15) is 17.1 Å². The molecule has 0 amide bonds. The highest BCUT2D eigenvalue weighted by atomic mass is 16.5. The molecule has 2 aromatic carbocycles. The van der Waals surface area contributed by atoms with Crippen molar-refractivity contribution in [2.24, 2.45) is 0 Å². The number of phenolic OH excluding ortho intramolecular Hbond substituents is 1. The van der Waals surface area contributed by atoms with Crippen molar-refractivity contribution in [2.45, 2.75) is 50.9 Å². The van der Waals surface area contributed by atoms with Gasteiger partial charge in [-0.3, -0.25) is 0 Å². The molecule has 2 heterocycles. The molecule has 2 aliphatic heterocycles. The Morgan fingerprint density at radius 1 is 1.11 bits per heavy atom. The van der Waals surface area contributed by atoms with E-state index in [1.54, 1.807) is 18.2 Å². The van der Waals surface area contributed by atoms with Crippen LogP contribution in [0.15, 0.2) is 36.4 Å². The van der Waals surface area contributed by atoms with Gasteiger partial charge in [0.05, 0.1) is 12.2 Å². The molecular formula is C23H29NO4. The Balaban J connectivity index is 1.39. The number of aromatic hydroxyl groups is 1. The zero-order valence-corrected chi connectivity index (χ0v) is 16.6. The van der Waals surface area contributed by atoms with Gasteiger partial charge < -0.3 is 25.0 Å². The third-order valence-corrected chi connectivity index (χ3v) is 6.36. The normalized spacial score (nSPS) is 22.5. The third-order valence-electron chi connectivity index (χ3n) is 6.36. The molecule has 2 aromatic rings. The average molecular weight is 383 g/mol. The number of benzene rings is 2. The minimum absolute atomic E-state index is 0.146. The van der Waals surface area contributed by atoms with E-state index >= 15 is 0 Å². The van der Waals surface area contributed by atoms with E-state index in [2.05, 4.69) is 30.9 Å². The predicted molar refractivity (Wildman–Crippen MR) is 108 cm³/mol. The van der Waals surface area contributed by atoms with Gasteiger partial charge in [-0.15, -0.1) is 0 Å². The second-order valence-corrected chi connectivity index (χ2v) is 8.39. The molecule has 1 fully saturated rings. The highest BCUT2D eigenvalue weighted by Gasteiger charge is 2.43. The molecule has 0 bridgehead atoms. The number of β-amino-alcohol motifs (C(OH)–C–C–N with tert-alkyl or cyclic N) is 1. The van der Waals surface area contributed by atoms with E-state index in [0.717, 1.165) is 31.5 Å². The number of nitrogens with zero attached hydrogens (tertiary/aromatic N) is 1. The molecule has 0 saturated carbocycles. The molecule has 150 valence electrons. The molecule has 2 atom stereocenters. The maximum Gasteiger partial charge on any atom is 0.126 e. The topological polar surface area (TPSA) is 73.2 Å². The van der Waals surface area contributed by atoms with Crippen LogP contribution in [0.2, 0.25) is 0 Å². The van der Waals surface area contributed by atoms with Crippen LogP contribution in [0.25, 0.3) is 0 Å². The summed E-state index contributed by atoms with van der Waals surface area (Å²) in [4.78, 5) is 2.27. The van der Waals surface area contributed by atoms with E-state index < -0.39 is 12.2 Å². The van der Waals surface area contributed by atoms with Gasteiger partial charge in [-0.05, 0) is 61.6 Å². The number of piperidine rings is 1. The van der Waals surface area contributed by atoms with Crippen molar-refractivity contribution in [3.05, 3.63) is 58.7 Å². The van der Waals surface area contributed by atoms with Crippen LogP contribution in [0.4, 0.5) is 0 Å². The molecule has 0 aromatic heterocycles. The number of aryl methyl sites for hydroxylation is 2. The minimum Gasteiger partial charge on any atom is -0.508 e. The molecule has 0 aliphatic carbocycles. The van der Waals surface area contributed by atoms with Crippen LogP contribution in [-0.4, -0.2) is 45.5 Å². The van der Waals surface area contributed by atoms with Crippen molar-refractivity contribution >= 4 is 0 Å². The van der Waals surface area contributed by atoms with Crippen molar-refractivity contribution < 1.29 is 20.1 Å². The first-order chi connectivity index (χ1) is 13.3. The van der Waals surface area contributed by atoms with Crippen LogP contribution in [-0.2, 0) is 0 Å². The second-order valence-electron chi connectivity index (χ2n) is 8.39. The molecule has 3 N–H and O–H groups in total. The van der Waals surface area contributed by atoms with Crippen LogP contribution in [0.1, 0.15) is 53.7 Å². The van der Waals surface area contributed by atoms with Crippen molar-refractivity contribution in [1.29, 1.82) is 0 Å². The van der Waals surface area contributed by atoms with E-state index in [-0.39, 0.29) is 11.4 Å². The van der Waals surface area contributed by atoms with Crippen LogP contribution >= 0.6 is 0 Å². The molecule has 0 radical (unpaired) electrons. The lowest BCUT2D eigenvalue weighted by Gasteiger charge is -2.46. The van der Waals surface area contributed by atoms with Crippen molar-refractivity contribution in [2.75, 3.05) is 19.6 Å². The molecule has 4 rings (SSSR count). The summed E-state index contributed by atoms with van der Waals surface area (Å²) in [7, 11) is 0. The van der Waals surface area contributed by atoms with E-state index in [4.69, 9.17) is 4.74 Å². The largest absolute Gasteiger partial charge is 0.508 e. The maximum absolute atomic E-state index is 10.7. The Bertz CT molecular complexity index is 858. The van der Waals surface area contributed by atoms with Gasteiger partial charge in [-0.1, -0.05) is 18.2 Å². The van der Waals surface area contributed by atoms with Crippen molar-refractivity contribution in [3.63, 3.8) is 0 Å². The summed E-state index contributed by atoms with van der Waals surface area (Å²) >= 11 is 0. The summed E-state index contributed by atoms with van der Waals surface area (Å²) in [6, 6.07) is 11.1. The van der Waals surface area contributed by atoms with E-state index in [1.807, 2.05) is 6.07 Å². The number of ether oxygens (including phenoxy) is 1. The van der Waals surface area contributed by atoms with Gasteiger partial charge >= 0.3 is 0 Å². The number of likely N-dealkylation sites (tertiary alicyclic amines) is 1. The summed E-state index contributed by atoms with van der Waals surface area (Å²) in [5, 5.41) is 30.9. The summed E-state index contributed by atoms with van der Waals surface area (Å²) in [5.41, 5.74) is 3.69. The lowest BCUT2D eigenvalue weighted by atomic mass is 9.81. The van der Waals surface area contributed by atoms with Gasteiger partial charge in [0.15, 0.2) is 0 Å². The fraction of sp³-hybridized carbons (Fsp3) is 0.478. The molecular weight excluding hydrogens is 354 g/mol. The number of hydrogen-bond donors (Lipinski definition) is 3. The first-order valence-corrected chi connectivity index (χ1v) is 10.0. The van der Waals surface area contributed by atoms with Crippen LogP contribution in [0.5, 0.6) is 11.5 Å². The highest BCUT2D eigenvalue weighted by Crippen LogP contribution is 2.45. The first-order valence-electron chi connectivity index (χ1n) is 10.0. The number of hydrogen-bond acceptors (Lipinski definition) is 5. The Hall–Kier alpha value is -2.08. The lowest BCUT2D eigenvalue weighted by molar-refractivity contribution is -0.0588. The molecule has 1 saturated heterocycles. The van der Waals surface area contributed by atoms with E-state index in [0.29, 0.717) is 24.3 Å². The van der Waals surface area contributed by atoms with Gasteiger partial charge in [0.2, 0.25) is 0 Å². The fourth-order valence-electron chi connectivity index (χ4n) is 4.40. The number of phenols is 1. The van der Waals surface area contributed by atoms with E-state index in [1.165, 1.54) is 11.1 Å². The zero-order valence-electron chi connectivity index (χ0n) is 16.6. The molecule has 5 heteroatoms. The lowest BCUT2D eigenvalue weighted by Crippen LogP contribution is -2.51. The summed E-state index contributed by atoms with van der Waals surface area (Å²) < 4.78 is 6.29. The highest BCUT2D eigenvalue weighted by molar-refractivity contribution is 5.43. The Kier molecular flexibility index (Phi) is 5.08. The first kappa shape index (κ1) is 19.2. The SMILES string of the molecule is Cc1ccc([C@H](O)CN2CCC3(CC2)C[C@H](O)c2cc(O)ccc2O3)cc1C. The quantitative estimate of drug-likeness (QED) is 0.758. The van der Waals surface area contributed by atoms with Gasteiger partial charge in [-0.2, -0.15) is 0 Å². The third kappa shape index (κ3) is 3.75. The average Bonchev–Trinajstić information content (AvgIpc) is 2.67. The number of aliphatic hydroxyl groups excluding tert-OH is 2. The smallest absolute Gasteiger partial charge is 0.126 e. The minimum atomic E-state index is -0.622. The van der Waals surface area contributed by atoms with Crippen LogP contribution in [0, 0.1) is 13.8 Å². The molecule has 1 spiro atoms. The van der Waals surface area contributed by atoms with Gasteiger partial charge in [-0.25, -0.2) is 0 Å². The van der Waals surface area contributed by atoms with Gasteiger partial charge in [0.25, 0.3) is 0 Å². The van der Waals surface area contributed by atoms with Crippen LogP contribution in [0.3, 0.4) is 0 Å². The summed E-state index contributed by atoms with van der Waals surface area (Å²) in [6.07, 6.45) is 1.03. The predicted octanol–water partition coefficient (Wildman–Crippen LogP) is 3.39.